The predicted molar refractivity (Wildman–Crippen MR) is 96.8 cm³/mol. The number of aryl methyl sites for hydroxylation is 1. The second kappa shape index (κ2) is 6.71. The van der Waals surface area contributed by atoms with Crippen LogP contribution in [0.3, 0.4) is 0 Å². The quantitative estimate of drug-likeness (QED) is 0.682. The molecule has 2 heterocycles. The molecule has 26 heavy (non-hydrogen) atoms. The number of methoxy groups -OCH3 is 1. The van der Waals surface area contributed by atoms with E-state index in [-0.39, 0.29) is 11.9 Å². The van der Waals surface area contributed by atoms with E-state index in [1.807, 2.05) is 53.0 Å². The number of carbonyl (C=O) groups is 1. The molecule has 0 radical (unpaired) electrons. The largest absolute Gasteiger partial charge is 0.497 e. The van der Waals surface area contributed by atoms with Crippen molar-refractivity contribution in [1.82, 2.24) is 14.5 Å². The molecule has 0 N–H and O–H groups in total. The molecule has 1 fully saturated rings. The van der Waals surface area contributed by atoms with Crippen LogP contribution in [-0.2, 0) is 13.6 Å². The third-order valence-electron chi connectivity index (χ3n) is 4.67. The molecule has 1 aliphatic rings. The van der Waals surface area contributed by atoms with Gasteiger partial charge in [-0.05, 0) is 49.2 Å². The minimum Gasteiger partial charge on any atom is -0.497 e. The van der Waals surface area contributed by atoms with Crippen molar-refractivity contribution >= 4 is 5.91 Å². The average molecular weight is 351 g/mol. The Morgan fingerprint density at radius 2 is 2.04 bits per heavy atom. The SMILES string of the molecule is COc1ccc(-c2ccc(C(=O)N(Cc3nccn3C)C3CC3)o2)cc1. The van der Waals surface area contributed by atoms with Crippen LogP contribution < -0.4 is 4.74 Å². The van der Waals surface area contributed by atoms with Crippen molar-refractivity contribution in [3.8, 4) is 17.1 Å². The fourth-order valence-corrected chi connectivity index (χ4v) is 2.96. The Balaban J connectivity index is 1.55. The lowest BCUT2D eigenvalue weighted by molar-refractivity contribution is 0.0692. The van der Waals surface area contributed by atoms with Gasteiger partial charge in [-0.3, -0.25) is 4.79 Å². The number of benzene rings is 1. The summed E-state index contributed by atoms with van der Waals surface area (Å²) in [5, 5.41) is 0. The van der Waals surface area contributed by atoms with E-state index < -0.39 is 0 Å². The molecule has 1 aromatic carbocycles. The molecule has 0 spiro atoms. The number of ether oxygens (including phenoxy) is 1. The molecular formula is C20H21N3O3. The van der Waals surface area contributed by atoms with Gasteiger partial charge in [0.15, 0.2) is 5.76 Å². The second-order valence-electron chi connectivity index (χ2n) is 6.51. The number of furan rings is 1. The van der Waals surface area contributed by atoms with Crippen LogP contribution in [0.15, 0.2) is 53.2 Å². The molecule has 1 saturated carbocycles. The third kappa shape index (κ3) is 3.22. The Kier molecular flexibility index (Phi) is 4.24. The molecule has 0 saturated heterocycles. The van der Waals surface area contributed by atoms with Gasteiger partial charge < -0.3 is 18.6 Å². The molecular weight excluding hydrogens is 330 g/mol. The number of amides is 1. The summed E-state index contributed by atoms with van der Waals surface area (Å²) in [5.41, 5.74) is 0.909. The standard InChI is InChI=1S/C20H21N3O3/c1-22-12-11-21-19(22)13-23(15-5-6-15)20(24)18-10-9-17(26-18)14-3-7-16(25-2)8-4-14/h3-4,7-12,15H,5-6,13H2,1-2H3. The normalized spacial score (nSPS) is 13.6. The number of aromatic nitrogens is 2. The van der Waals surface area contributed by atoms with Gasteiger partial charge >= 0.3 is 0 Å². The van der Waals surface area contributed by atoms with Crippen molar-refractivity contribution in [2.45, 2.75) is 25.4 Å². The number of imidazole rings is 1. The topological polar surface area (TPSA) is 60.5 Å². The Labute approximate surface area is 152 Å². The number of hydrogen-bond donors (Lipinski definition) is 0. The van der Waals surface area contributed by atoms with E-state index >= 15 is 0 Å². The van der Waals surface area contributed by atoms with Crippen LogP contribution in [0.25, 0.3) is 11.3 Å². The summed E-state index contributed by atoms with van der Waals surface area (Å²) in [6.07, 6.45) is 5.70. The molecule has 6 heteroatoms. The fraction of sp³-hybridized carbons (Fsp3) is 0.300. The number of carbonyl (C=O) groups excluding carboxylic acids is 1. The van der Waals surface area contributed by atoms with Crippen LogP contribution in [0.4, 0.5) is 0 Å². The van der Waals surface area contributed by atoms with Crippen LogP contribution in [0.1, 0.15) is 29.2 Å². The van der Waals surface area contributed by atoms with Gasteiger partial charge in [-0.15, -0.1) is 0 Å². The van der Waals surface area contributed by atoms with Crippen molar-refractivity contribution in [3.63, 3.8) is 0 Å². The van der Waals surface area contributed by atoms with Crippen LogP contribution in [0.2, 0.25) is 0 Å². The molecule has 6 nitrogen and oxygen atoms in total. The summed E-state index contributed by atoms with van der Waals surface area (Å²) >= 11 is 0. The summed E-state index contributed by atoms with van der Waals surface area (Å²) in [6.45, 7) is 0.492. The minimum atomic E-state index is -0.0877. The van der Waals surface area contributed by atoms with Gasteiger partial charge in [0.2, 0.25) is 0 Å². The maximum absolute atomic E-state index is 13.0. The van der Waals surface area contributed by atoms with E-state index in [9.17, 15) is 4.79 Å². The van der Waals surface area contributed by atoms with E-state index in [1.54, 1.807) is 19.4 Å². The Morgan fingerprint density at radius 1 is 1.27 bits per heavy atom. The maximum atomic E-state index is 13.0. The molecule has 0 atom stereocenters. The molecule has 0 aliphatic heterocycles. The van der Waals surface area contributed by atoms with Crippen molar-refractivity contribution in [1.29, 1.82) is 0 Å². The molecule has 0 unspecified atom stereocenters. The summed E-state index contributed by atoms with van der Waals surface area (Å²) in [4.78, 5) is 19.2. The second-order valence-corrected chi connectivity index (χ2v) is 6.51. The minimum absolute atomic E-state index is 0.0877. The van der Waals surface area contributed by atoms with Gasteiger partial charge in [-0.1, -0.05) is 0 Å². The van der Waals surface area contributed by atoms with Gasteiger partial charge in [-0.25, -0.2) is 4.98 Å². The first-order valence-electron chi connectivity index (χ1n) is 8.67. The molecule has 134 valence electrons. The Bertz CT molecular complexity index is 907. The van der Waals surface area contributed by atoms with Gasteiger partial charge in [-0.2, -0.15) is 0 Å². The molecule has 2 aromatic heterocycles. The highest BCUT2D eigenvalue weighted by Gasteiger charge is 2.35. The summed E-state index contributed by atoms with van der Waals surface area (Å²) in [5.74, 6) is 2.59. The monoisotopic (exact) mass is 351 g/mol. The van der Waals surface area contributed by atoms with Gasteiger partial charge in [0.1, 0.15) is 17.3 Å². The van der Waals surface area contributed by atoms with Crippen LogP contribution >= 0.6 is 0 Å². The zero-order chi connectivity index (χ0) is 18.1. The van der Waals surface area contributed by atoms with Crippen molar-refractivity contribution in [2.75, 3.05) is 7.11 Å². The van der Waals surface area contributed by atoms with Gasteiger partial charge in [0.25, 0.3) is 5.91 Å². The summed E-state index contributed by atoms with van der Waals surface area (Å²) < 4.78 is 13.0. The van der Waals surface area contributed by atoms with E-state index in [0.29, 0.717) is 18.1 Å². The van der Waals surface area contributed by atoms with E-state index in [4.69, 9.17) is 9.15 Å². The van der Waals surface area contributed by atoms with Gasteiger partial charge in [0.05, 0.1) is 13.7 Å². The highest BCUT2D eigenvalue weighted by molar-refractivity contribution is 5.92. The van der Waals surface area contributed by atoms with Crippen molar-refractivity contribution < 1.29 is 13.9 Å². The zero-order valence-electron chi connectivity index (χ0n) is 14.9. The maximum Gasteiger partial charge on any atom is 0.290 e. The Morgan fingerprint density at radius 3 is 2.65 bits per heavy atom. The highest BCUT2D eigenvalue weighted by atomic mass is 16.5. The number of hydrogen-bond acceptors (Lipinski definition) is 4. The Hall–Kier alpha value is -3.02. The molecule has 0 bridgehead atoms. The van der Waals surface area contributed by atoms with E-state index in [0.717, 1.165) is 30.0 Å². The highest BCUT2D eigenvalue weighted by Crippen LogP contribution is 2.31. The number of nitrogens with zero attached hydrogens (tertiary/aromatic N) is 3. The predicted octanol–water partition coefficient (Wildman–Crippen LogP) is 3.49. The zero-order valence-corrected chi connectivity index (χ0v) is 14.9. The summed E-state index contributed by atoms with van der Waals surface area (Å²) in [7, 11) is 3.57. The van der Waals surface area contributed by atoms with E-state index in [1.165, 1.54) is 0 Å². The van der Waals surface area contributed by atoms with Crippen molar-refractivity contribution in [2.24, 2.45) is 7.05 Å². The lowest BCUT2D eigenvalue weighted by Gasteiger charge is -2.20. The van der Waals surface area contributed by atoms with Crippen LogP contribution in [0, 0.1) is 0 Å². The third-order valence-corrected chi connectivity index (χ3v) is 4.67. The molecule has 1 aliphatic carbocycles. The lowest BCUT2D eigenvalue weighted by atomic mass is 10.2. The number of rotatable bonds is 6. The molecule has 1 amide bonds. The van der Waals surface area contributed by atoms with Gasteiger partial charge in [0, 0.05) is 31.0 Å². The first-order valence-corrected chi connectivity index (χ1v) is 8.67. The van der Waals surface area contributed by atoms with Crippen LogP contribution in [-0.4, -0.2) is 33.5 Å². The lowest BCUT2D eigenvalue weighted by Crippen LogP contribution is -2.33. The fourth-order valence-electron chi connectivity index (χ4n) is 2.96. The first-order chi connectivity index (χ1) is 12.7. The van der Waals surface area contributed by atoms with E-state index in [2.05, 4.69) is 4.98 Å². The first kappa shape index (κ1) is 16.4. The average Bonchev–Trinajstić information content (AvgIpc) is 3.24. The van der Waals surface area contributed by atoms with Crippen LogP contribution in [0.5, 0.6) is 5.75 Å². The molecule has 4 rings (SSSR count). The molecule has 3 aromatic rings. The smallest absolute Gasteiger partial charge is 0.290 e. The summed E-state index contributed by atoms with van der Waals surface area (Å²) in [6, 6.07) is 11.4. The van der Waals surface area contributed by atoms with Crippen molar-refractivity contribution in [3.05, 3.63) is 60.4 Å².